The zero-order valence-corrected chi connectivity index (χ0v) is 18.4. The van der Waals surface area contributed by atoms with Gasteiger partial charge < -0.3 is 14.4 Å². The van der Waals surface area contributed by atoms with E-state index in [-0.39, 0.29) is 23.3 Å². The van der Waals surface area contributed by atoms with Crippen LogP contribution in [0.2, 0.25) is 0 Å². The number of hydrogen-bond donors (Lipinski definition) is 0. The summed E-state index contributed by atoms with van der Waals surface area (Å²) in [7, 11) is 2.13. The maximum atomic E-state index is 12.5. The predicted octanol–water partition coefficient (Wildman–Crippen LogP) is 4.05. The summed E-state index contributed by atoms with van der Waals surface area (Å²) in [5.74, 6) is 2.93. The van der Waals surface area contributed by atoms with Gasteiger partial charge in [0, 0.05) is 12.3 Å². The molecule has 5 fully saturated rings. The first-order chi connectivity index (χ1) is 13.9. The van der Waals surface area contributed by atoms with Gasteiger partial charge in [-0.15, -0.1) is 0 Å². The van der Waals surface area contributed by atoms with Crippen LogP contribution in [0.1, 0.15) is 71.1 Å². The average molecular weight is 406 g/mol. The van der Waals surface area contributed by atoms with Crippen molar-refractivity contribution >= 4 is 11.9 Å². The van der Waals surface area contributed by atoms with Gasteiger partial charge in [0.25, 0.3) is 0 Å². The molecule has 1 aliphatic heterocycles. The molecule has 0 amide bonds. The maximum absolute atomic E-state index is 12.5. The SMILES string of the molecule is CC(COC(=O)CC1CCN(C)CC1)COC(=O)CC12CC3CC(CC(C3)C1)C2. The Hall–Kier alpha value is -1.10. The Morgan fingerprint density at radius 3 is 2.00 bits per heavy atom. The second kappa shape index (κ2) is 8.95. The molecular weight excluding hydrogens is 366 g/mol. The average Bonchev–Trinajstić information content (AvgIpc) is 2.65. The number of piperidine rings is 1. The van der Waals surface area contributed by atoms with E-state index < -0.39 is 0 Å². The topological polar surface area (TPSA) is 55.8 Å². The molecule has 1 heterocycles. The Bertz CT molecular complexity index is 560. The Morgan fingerprint density at radius 1 is 0.931 bits per heavy atom. The summed E-state index contributed by atoms with van der Waals surface area (Å²) in [6.45, 7) is 4.81. The Balaban J connectivity index is 1.12. The first kappa shape index (κ1) is 21.1. The number of carbonyl (C=O) groups excluding carboxylic acids is 2. The molecule has 1 unspecified atom stereocenters. The maximum Gasteiger partial charge on any atom is 0.306 e. The van der Waals surface area contributed by atoms with Crippen molar-refractivity contribution in [2.24, 2.45) is 35.0 Å². The van der Waals surface area contributed by atoms with Gasteiger partial charge in [-0.1, -0.05) is 6.92 Å². The largest absolute Gasteiger partial charge is 0.465 e. The molecular formula is C24H39NO4. The number of likely N-dealkylation sites (tertiary alicyclic amines) is 1. The van der Waals surface area contributed by atoms with E-state index in [1.54, 1.807) is 0 Å². The Labute approximate surface area is 175 Å². The third-order valence-electron chi connectivity index (χ3n) is 8.04. The molecule has 0 spiro atoms. The van der Waals surface area contributed by atoms with Gasteiger partial charge in [0.2, 0.25) is 0 Å². The lowest BCUT2D eigenvalue weighted by Gasteiger charge is -2.56. The third kappa shape index (κ3) is 5.53. The highest BCUT2D eigenvalue weighted by molar-refractivity contribution is 5.70. The van der Waals surface area contributed by atoms with Gasteiger partial charge in [0.1, 0.15) is 0 Å². The minimum Gasteiger partial charge on any atom is -0.465 e. The molecule has 0 N–H and O–H groups in total. The molecule has 0 aromatic carbocycles. The summed E-state index contributed by atoms with van der Waals surface area (Å²) >= 11 is 0. The molecule has 1 saturated heterocycles. The summed E-state index contributed by atoms with van der Waals surface area (Å²) in [4.78, 5) is 26.9. The summed E-state index contributed by atoms with van der Waals surface area (Å²) in [5.41, 5.74) is 0.232. The molecule has 29 heavy (non-hydrogen) atoms. The van der Waals surface area contributed by atoms with Crippen molar-refractivity contribution in [1.29, 1.82) is 0 Å². The second-order valence-corrected chi connectivity index (χ2v) is 11.0. The number of nitrogens with zero attached hydrogens (tertiary/aromatic N) is 1. The van der Waals surface area contributed by atoms with Crippen LogP contribution in [0.25, 0.3) is 0 Å². The molecule has 5 aliphatic rings. The quantitative estimate of drug-likeness (QED) is 0.570. The van der Waals surface area contributed by atoms with Crippen molar-refractivity contribution in [3.8, 4) is 0 Å². The van der Waals surface area contributed by atoms with Gasteiger partial charge >= 0.3 is 11.9 Å². The molecule has 5 rings (SSSR count). The highest BCUT2D eigenvalue weighted by Gasteiger charge is 2.51. The molecule has 164 valence electrons. The highest BCUT2D eigenvalue weighted by Crippen LogP contribution is 2.61. The number of carbonyl (C=O) groups is 2. The van der Waals surface area contributed by atoms with E-state index >= 15 is 0 Å². The normalized spacial score (nSPS) is 35.4. The van der Waals surface area contributed by atoms with Gasteiger partial charge in [-0.05, 0) is 101 Å². The van der Waals surface area contributed by atoms with Crippen LogP contribution < -0.4 is 0 Å². The van der Waals surface area contributed by atoms with Gasteiger partial charge in [0.05, 0.1) is 19.6 Å². The van der Waals surface area contributed by atoms with Crippen LogP contribution in [0.15, 0.2) is 0 Å². The third-order valence-corrected chi connectivity index (χ3v) is 8.04. The summed E-state index contributed by atoms with van der Waals surface area (Å²) in [6.07, 6.45) is 11.2. The van der Waals surface area contributed by atoms with Crippen LogP contribution in [-0.2, 0) is 19.1 Å². The fraction of sp³-hybridized carbons (Fsp3) is 0.917. The minimum atomic E-state index is -0.105. The molecule has 5 heteroatoms. The monoisotopic (exact) mass is 405 g/mol. The van der Waals surface area contributed by atoms with Crippen LogP contribution in [0.5, 0.6) is 0 Å². The zero-order valence-electron chi connectivity index (χ0n) is 18.4. The van der Waals surface area contributed by atoms with Crippen LogP contribution >= 0.6 is 0 Å². The van der Waals surface area contributed by atoms with E-state index in [0.29, 0.717) is 32.0 Å². The fourth-order valence-corrected chi connectivity index (χ4v) is 6.94. The van der Waals surface area contributed by atoms with E-state index in [9.17, 15) is 9.59 Å². The lowest BCUT2D eigenvalue weighted by atomic mass is 9.49. The van der Waals surface area contributed by atoms with Crippen molar-refractivity contribution < 1.29 is 19.1 Å². The summed E-state index contributed by atoms with van der Waals surface area (Å²) < 4.78 is 11.1. The highest BCUT2D eigenvalue weighted by atomic mass is 16.5. The molecule has 4 saturated carbocycles. The lowest BCUT2D eigenvalue weighted by molar-refractivity contribution is -0.154. The first-order valence-corrected chi connectivity index (χ1v) is 11.9. The van der Waals surface area contributed by atoms with Gasteiger partial charge in [0.15, 0.2) is 0 Å². The number of esters is 2. The van der Waals surface area contributed by atoms with E-state index in [1.165, 1.54) is 38.5 Å². The predicted molar refractivity (Wildman–Crippen MR) is 111 cm³/mol. The molecule has 5 nitrogen and oxygen atoms in total. The Kier molecular flexibility index (Phi) is 6.53. The van der Waals surface area contributed by atoms with Crippen molar-refractivity contribution in [2.45, 2.75) is 71.1 Å². The van der Waals surface area contributed by atoms with Crippen molar-refractivity contribution in [2.75, 3.05) is 33.4 Å². The van der Waals surface area contributed by atoms with E-state index in [0.717, 1.165) is 43.7 Å². The van der Waals surface area contributed by atoms with Crippen LogP contribution in [-0.4, -0.2) is 50.2 Å². The molecule has 1 atom stereocenters. The van der Waals surface area contributed by atoms with Gasteiger partial charge in [-0.3, -0.25) is 9.59 Å². The second-order valence-electron chi connectivity index (χ2n) is 11.0. The van der Waals surface area contributed by atoms with E-state index in [2.05, 4.69) is 11.9 Å². The lowest BCUT2D eigenvalue weighted by Crippen LogP contribution is -2.47. The molecule has 0 aromatic heterocycles. The first-order valence-electron chi connectivity index (χ1n) is 11.9. The van der Waals surface area contributed by atoms with Crippen molar-refractivity contribution in [3.05, 3.63) is 0 Å². The fourth-order valence-electron chi connectivity index (χ4n) is 6.94. The molecule has 4 aliphatic carbocycles. The molecule has 0 aromatic rings. The van der Waals surface area contributed by atoms with Crippen molar-refractivity contribution in [1.82, 2.24) is 4.90 Å². The molecule has 0 radical (unpaired) electrons. The molecule has 4 bridgehead atoms. The Morgan fingerprint density at radius 2 is 1.45 bits per heavy atom. The zero-order chi connectivity index (χ0) is 20.4. The smallest absolute Gasteiger partial charge is 0.306 e. The number of hydrogen-bond acceptors (Lipinski definition) is 5. The minimum absolute atomic E-state index is 0.0450. The standard InChI is InChI=1S/C24H39NO4/c1-17(15-28-22(26)10-18-3-5-25(2)6-4-18)16-29-23(27)14-24-11-19-7-20(12-24)9-21(8-19)13-24/h17-21H,3-16H2,1-2H3. The van der Waals surface area contributed by atoms with Gasteiger partial charge in [-0.2, -0.15) is 0 Å². The van der Waals surface area contributed by atoms with Crippen molar-refractivity contribution in [3.63, 3.8) is 0 Å². The van der Waals surface area contributed by atoms with Crippen LogP contribution in [0, 0.1) is 35.0 Å². The summed E-state index contributed by atoms with van der Waals surface area (Å²) in [5, 5.41) is 0. The van der Waals surface area contributed by atoms with E-state index in [1.807, 2.05) is 6.92 Å². The van der Waals surface area contributed by atoms with Crippen LogP contribution in [0.3, 0.4) is 0 Å². The summed E-state index contributed by atoms with van der Waals surface area (Å²) in [6, 6.07) is 0. The van der Waals surface area contributed by atoms with Crippen LogP contribution in [0.4, 0.5) is 0 Å². The number of rotatable bonds is 8. The van der Waals surface area contributed by atoms with Gasteiger partial charge in [-0.25, -0.2) is 0 Å². The number of ether oxygens (including phenoxy) is 2. The van der Waals surface area contributed by atoms with E-state index in [4.69, 9.17) is 9.47 Å².